The van der Waals surface area contributed by atoms with E-state index in [1.54, 1.807) is 18.5 Å². The summed E-state index contributed by atoms with van der Waals surface area (Å²) in [5, 5.41) is 0. The Morgan fingerprint density at radius 2 is 1.93 bits per heavy atom. The van der Waals surface area contributed by atoms with Crippen LogP contribution in [0.5, 0.6) is 5.75 Å². The van der Waals surface area contributed by atoms with E-state index in [2.05, 4.69) is 23.8 Å². The molecule has 8 nitrogen and oxygen atoms in total. The molecule has 3 aliphatic heterocycles. The van der Waals surface area contributed by atoms with Gasteiger partial charge in [-0.15, -0.1) is 0 Å². The van der Waals surface area contributed by atoms with E-state index >= 15 is 0 Å². The molecule has 0 saturated carbocycles. The standard InChI is InChI=1S/C21H22N4O4/c1-19(2)20(10-27-11-20)21(12-28-18(22)25-21)14-8-13(4-5-16(14)29-19)9-15(26)17-23-6-3-7-24-17/h3-8H,9-12H2,1-2H3,(H2,22,25). The molecule has 0 aliphatic carbocycles. The van der Waals surface area contributed by atoms with Crippen molar-refractivity contribution >= 4 is 11.8 Å². The van der Waals surface area contributed by atoms with Crippen LogP contribution in [0.3, 0.4) is 0 Å². The molecule has 0 amide bonds. The number of ketones is 1. The van der Waals surface area contributed by atoms with Gasteiger partial charge in [0.2, 0.25) is 5.78 Å². The number of rotatable bonds is 3. The molecule has 3 aliphatic rings. The fraction of sp³-hybridized carbons (Fsp3) is 0.429. The third-order valence-corrected chi connectivity index (χ3v) is 6.41. The zero-order valence-corrected chi connectivity index (χ0v) is 16.3. The predicted molar refractivity (Wildman–Crippen MR) is 104 cm³/mol. The number of aliphatic imine (C=N–C) groups is 1. The Balaban J connectivity index is 1.59. The van der Waals surface area contributed by atoms with E-state index in [9.17, 15) is 4.79 Å². The van der Waals surface area contributed by atoms with E-state index in [0.717, 1.165) is 16.9 Å². The van der Waals surface area contributed by atoms with Crippen LogP contribution in [-0.4, -0.2) is 47.2 Å². The average Bonchev–Trinajstić information content (AvgIpc) is 3.03. The van der Waals surface area contributed by atoms with Crippen molar-refractivity contribution in [1.29, 1.82) is 0 Å². The van der Waals surface area contributed by atoms with Gasteiger partial charge in [0.25, 0.3) is 6.02 Å². The molecule has 150 valence electrons. The van der Waals surface area contributed by atoms with Crippen molar-refractivity contribution in [1.82, 2.24) is 9.97 Å². The van der Waals surface area contributed by atoms with Crippen molar-refractivity contribution in [2.45, 2.75) is 31.4 Å². The molecule has 1 atom stereocenters. The Labute approximate surface area is 168 Å². The number of aromatic nitrogens is 2. The molecule has 4 heterocycles. The number of fused-ring (bicyclic) bond motifs is 3. The first-order valence-corrected chi connectivity index (χ1v) is 9.55. The lowest BCUT2D eigenvalue weighted by atomic mass is 9.55. The molecule has 29 heavy (non-hydrogen) atoms. The van der Waals surface area contributed by atoms with E-state index in [0.29, 0.717) is 19.8 Å². The van der Waals surface area contributed by atoms with E-state index in [-0.39, 0.29) is 24.1 Å². The lowest BCUT2D eigenvalue weighted by Crippen LogP contribution is -2.71. The van der Waals surface area contributed by atoms with Gasteiger partial charge in [-0.05, 0) is 37.6 Å². The Bertz CT molecular complexity index is 1020. The number of hydrogen-bond acceptors (Lipinski definition) is 8. The number of benzene rings is 1. The summed E-state index contributed by atoms with van der Waals surface area (Å²) >= 11 is 0. The molecular weight excluding hydrogens is 372 g/mol. The molecule has 2 N–H and O–H groups in total. The minimum absolute atomic E-state index is 0.149. The van der Waals surface area contributed by atoms with Crippen LogP contribution in [0.15, 0.2) is 41.7 Å². The van der Waals surface area contributed by atoms with E-state index < -0.39 is 16.6 Å². The Morgan fingerprint density at radius 1 is 1.17 bits per heavy atom. The summed E-state index contributed by atoms with van der Waals surface area (Å²) in [5.41, 5.74) is 6.02. The maximum absolute atomic E-state index is 12.6. The summed E-state index contributed by atoms with van der Waals surface area (Å²) < 4.78 is 17.7. The highest BCUT2D eigenvalue weighted by atomic mass is 16.5. The van der Waals surface area contributed by atoms with Crippen molar-refractivity contribution in [2.24, 2.45) is 16.1 Å². The number of amidine groups is 1. The van der Waals surface area contributed by atoms with E-state index in [1.165, 1.54) is 0 Å². The number of carbonyl (C=O) groups is 1. The smallest absolute Gasteiger partial charge is 0.283 e. The SMILES string of the molecule is CC1(C)Oc2ccc(CC(=O)c3ncccn3)cc2C2(COC(N)=N2)C12COC2. The van der Waals surface area contributed by atoms with Gasteiger partial charge in [-0.3, -0.25) is 4.79 Å². The summed E-state index contributed by atoms with van der Waals surface area (Å²) in [5.74, 6) is 0.776. The summed E-state index contributed by atoms with van der Waals surface area (Å²) in [6.45, 7) is 5.42. The van der Waals surface area contributed by atoms with Crippen molar-refractivity contribution in [2.75, 3.05) is 19.8 Å². The van der Waals surface area contributed by atoms with Crippen molar-refractivity contribution in [3.63, 3.8) is 0 Å². The van der Waals surface area contributed by atoms with Gasteiger partial charge in [0.15, 0.2) is 5.82 Å². The van der Waals surface area contributed by atoms with Gasteiger partial charge >= 0.3 is 0 Å². The third kappa shape index (κ3) is 2.42. The van der Waals surface area contributed by atoms with Gasteiger partial charge in [-0.1, -0.05) is 6.07 Å². The van der Waals surface area contributed by atoms with Crippen LogP contribution in [0.1, 0.15) is 35.6 Å². The zero-order chi connectivity index (χ0) is 20.3. The number of nitrogens with zero attached hydrogens (tertiary/aromatic N) is 3. The van der Waals surface area contributed by atoms with Crippen molar-refractivity contribution in [3.8, 4) is 5.75 Å². The monoisotopic (exact) mass is 394 g/mol. The molecule has 1 saturated heterocycles. The van der Waals surface area contributed by atoms with Crippen LogP contribution in [0.25, 0.3) is 0 Å². The van der Waals surface area contributed by atoms with Crippen LogP contribution in [0, 0.1) is 5.41 Å². The maximum Gasteiger partial charge on any atom is 0.283 e. The van der Waals surface area contributed by atoms with Crippen LogP contribution >= 0.6 is 0 Å². The average molecular weight is 394 g/mol. The molecule has 8 heteroatoms. The molecule has 1 fully saturated rings. The fourth-order valence-electron chi connectivity index (χ4n) is 4.64. The quantitative estimate of drug-likeness (QED) is 0.788. The molecule has 0 radical (unpaired) electrons. The Morgan fingerprint density at radius 3 is 2.55 bits per heavy atom. The van der Waals surface area contributed by atoms with Gasteiger partial charge < -0.3 is 19.9 Å². The largest absolute Gasteiger partial charge is 0.487 e. The predicted octanol–water partition coefficient (Wildman–Crippen LogP) is 1.63. The fourth-order valence-corrected chi connectivity index (χ4v) is 4.64. The maximum atomic E-state index is 12.6. The van der Waals surface area contributed by atoms with E-state index in [1.807, 2.05) is 18.2 Å². The van der Waals surface area contributed by atoms with Crippen LogP contribution in [0.4, 0.5) is 0 Å². The topological polar surface area (TPSA) is 109 Å². The molecule has 5 rings (SSSR count). The molecule has 1 aromatic carbocycles. The molecule has 1 aromatic heterocycles. The molecule has 2 spiro atoms. The third-order valence-electron chi connectivity index (χ3n) is 6.41. The highest BCUT2D eigenvalue weighted by Gasteiger charge is 2.71. The summed E-state index contributed by atoms with van der Waals surface area (Å²) in [6, 6.07) is 7.60. The number of carbonyl (C=O) groups excluding carboxylic acids is 1. The van der Waals surface area contributed by atoms with Gasteiger partial charge in [-0.25, -0.2) is 15.0 Å². The van der Waals surface area contributed by atoms with E-state index in [4.69, 9.17) is 24.9 Å². The lowest BCUT2D eigenvalue weighted by molar-refractivity contribution is -0.247. The second-order valence-electron chi connectivity index (χ2n) is 8.29. The summed E-state index contributed by atoms with van der Waals surface area (Å²) in [6.07, 6.45) is 3.30. The summed E-state index contributed by atoms with van der Waals surface area (Å²) in [7, 11) is 0. The zero-order valence-electron chi connectivity index (χ0n) is 16.3. The van der Waals surface area contributed by atoms with Crippen molar-refractivity contribution < 1.29 is 19.0 Å². The minimum atomic E-state index is -0.714. The van der Waals surface area contributed by atoms with Crippen LogP contribution in [-0.2, 0) is 21.4 Å². The number of hydrogen-bond donors (Lipinski definition) is 1. The first-order valence-electron chi connectivity index (χ1n) is 9.55. The second kappa shape index (κ2) is 6.00. The Hall–Kier alpha value is -3.00. The van der Waals surface area contributed by atoms with Crippen LogP contribution < -0.4 is 10.5 Å². The first kappa shape index (κ1) is 18.1. The number of ether oxygens (including phenoxy) is 3. The minimum Gasteiger partial charge on any atom is -0.487 e. The molecule has 0 bridgehead atoms. The Kier molecular flexibility index (Phi) is 3.73. The highest BCUT2D eigenvalue weighted by Crippen LogP contribution is 2.62. The lowest BCUT2D eigenvalue weighted by Gasteiger charge is -2.61. The molecule has 2 aromatic rings. The first-order chi connectivity index (χ1) is 13.9. The molecule has 1 unspecified atom stereocenters. The van der Waals surface area contributed by atoms with Gasteiger partial charge in [-0.2, -0.15) is 0 Å². The second-order valence-corrected chi connectivity index (χ2v) is 8.29. The number of nitrogens with two attached hydrogens (primary N) is 1. The van der Waals surface area contributed by atoms with Gasteiger partial charge in [0, 0.05) is 24.4 Å². The molecular formula is C21H22N4O4. The highest BCUT2D eigenvalue weighted by molar-refractivity contribution is 5.94. The number of Topliss-reactive ketones (excluding diaryl/α,β-unsaturated/α-hetero) is 1. The normalized spacial score (nSPS) is 25.5. The van der Waals surface area contributed by atoms with Gasteiger partial charge in [0.1, 0.15) is 23.5 Å². The van der Waals surface area contributed by atoms with Crippen LogP contribution in [0.2, 0.25) is 0 Å². The summed E-state index contributed by atoms with van der Waals surface area (Å²) in [4.78, 5) is 25.5. The van der Waals surface area contributed by atoms with Crippen molar-refractivity contribution in [3.05, 3.63) is 53.6 Å². The van der Waals surface area contributed by atoms with Gasteiger partial charge in [0.05, 0.1) is 18.6 Å².